The fraction of sp³-hybridized carbons (Fsp3) is 0.263. The molecule has 2 aromatic rings. The zero-order valence-electron chi connectivity index (χ0n) is 13.0. The molecule has 1 unspecified atom stereocenters. The molecule has 23 heavy (non-hydrogen) atoms. The van der Waals surface area contributed by atoms with Crippen molar-refractivity contribution in [3.05, 3.63) is 59.7 Å². The molecule has 1 saturated heterocycles. The lowest BCUT2D eigenvalue weighted by atomic mass is 9.95. The summed E-state index contributed by atoms with van der Waals surface area (Å²) in [5.41, 5.74) is 2.79. The highest BCUT2D eigenvalue weighted by atomic mass is 16.5. The first-order valence-electron chi connectivity index (χ1n) is 7.70. The van der Waals surface area contributed by atoms with Crippen LogP contribution in [0, 0.1) is 11.3 Å². The number of nitriles is 1. The first kappa shape index (κ1) is 15.3. The molecule has 116 valence electrons. The lowest BCUT2D eigenvalue weighted by Crippen LogP contribution is -2.44. The monoisotopic (exact) mass is 306 g/mol. The zero-order valence-corrected chi connectivity index (χ0v) is 13.0. The predicted molar refractivity (Wildman–Crippen MR) is 87.9 cm³/mol. The summed E-state index contributed by atoms with van der Waals surface area (Å²) in [5, 5.41) is 9.33. The summed E-state index contributed by atoms with van der Waals surface area (Å²) in [6.07, 6.45) is 0.0475. The first-order chi connectivity index (χ1) is 11.2. The number of morpholine rings is 1. The van der Waals surface area contributed by atoms with Gasteiger partial charge in [0.1, 0.15) is 0 Å². The van der Waals surface area contributed by atoms with E-state index >= 15 is 0 Å². The fourth-order valence-electron chi connectivity index (χ4n) is 2.89. The van der Waals surface area contributed by atoms with Gasteiger partial charge in [-0.25, -0.2) is 0 Å². The summed E-state index contributed by atoms with van der Waals surface area (Å²) in [7, 11) is 0. The molecule has 1 atom stereocenters. The number of carbonyl (C=O) groups excluding carboxylic acids is 1. The number of nitrogens with zero attached hydrogens (tertiary/aromatic N) is 2. The highest BCUT2D eigenvalue weighted by molar-refractivity contribution is 6.01. The van der Waals surface area contributed by atoms with Crippen molar-refractivity contribution in [2.45, 2.75) is 13.0 Å². The van der Waals surface area contributed by atoms with Crippen molar-refractivity contribution >= 4 is 5.91 Å². The Morgan fingerprint density at radius 2 is 1.87 bits per heavy atom. The molecule has 4 nitrogen and oxygen atoms in total. The normalized spacial score (nSPS) is 17.6. The first-order valence-corrected chi connectivity index (χ1v) is 7.70. The zero-order chi connectivity index (χ0) is 16.2. The molecule has 0 spiro atoms. The molecule has 4 heteroatoms. The molecule has 0 aliphatic carbocycles. The van der Waals surface area contributed by atoms with Gasteiger partial charge in [0.15, 0.2) is 0 Å². The quantitative estimate of drug-likeness (QED) is 0.856. The van der Waals surface area contributed by atoms with Crippen molar-refractivity contribution in [3.8, 4) is 17.2 Å². The van der Waals surface area contributed by atoms with Gasteiger partial charge in [-0.3, -0.25) is 4.79 Å². The Bertz CT molecular complexity index is 764. The van der Waals surface area contributed by atoms with Crippen LogP contribution in [-0.4, -0.2) is 36.6 Å². The third-order valence-electron chi connectivity index (χ3n) is 4.02. The van der Waals surface area contributed by atoms with E-state index in [-0.39, 0.29) is 12.0 Å². The van der Waals surface area contributed by atoms with Gasteiger partial charge in [0.25, 0.3) is 5.91 Å². The van der Waals surface area contributed by atoms with E-state index in [9.17, 15) is 10.1 Å². The minimum absolute atomic E-state index is 0.0107. The minimum atomic E-state index is -0.0107. The Labute approximate surface area is 135 Å². The molecule has 0 bridgehead atoms. The average molecular weight is 306 g/mol. The van der Waals surface area contributed by atoms with Crippen molar-refractivity contribution in [1.82, 2.24) is 4.90 Å². The summed E-state index contributed by atoms with van der Waals surface area (Å²) in [6.45, 7) is 3.71. The molecule has 1 amide bonds. The number of ether oxygens (including phenoxy) is 1. The van der Waals surface area contributed by atoms with Crippen LogP contribution in [0.25, 0.3) is 11.1 Å². The van der Waals surface area contributed by atoms with Gasteiger partial charge >= 0.3 is 0 Å². The summed E-state index contributed by atoms with van der Waals surface area (Å²) in [5.74, 6) is -0.0107. The Balaban J connectivity index is 2.01. The van der Waals surface area contributed by atoms with E-state index in [4.69, 9.17) is 4.74 Å². The van der Waals surface area contributed by atoms with Gasteiger partial charge < -0.3 is 9.64 Å². The van der Waals surface area contributed by atoms with Crippen LogP contribution in [-0.2, 0) is 4.74 Å². The molecule has 0 radical (unpaired) electrons. The minimum Gasteiger partial charge on any atom is -0.375 e. The molecule has 0 aromatic heterocycles. The fourth-order valence-corrected chi connectivity index (χ4v) is 2.89. The van der Waals surface area contributed by atoms with Gasteiger partial charge in [-0.15, -0.1) is 0 Å². The van der Waals surface area contributed by atoms with E-state index in [0.717, 1.165) is 11.1 Å². The van der Waals surface area contributed by atoms with E-state index in [2.05, 4.69) is 6.07 Å². The van der Waals surface area contributed by atoms with E-state index in [1.165, 1.54) is 0 Å². The Morgan fingerprint density at radius 3 is 2.61 bits per heavy atom. The largest absolute Gasteiger partial charge is 0.375 e. The standard InChI is InChI=1S/C19H18N2O2/c1-14-13-21(10-11-23-14)19(22)18-9-5-4-8-17(18)16-7-3-2-6-15(16)12-20/h2-9,14H,10-11,13H2,1H3. The molecule has 1 aliphatic heterocycles. The van der Waals surface area contributed by atoms with E-state index < -0.39 is 0 Å². The van der Waals surface area contributed by atoms with Crippen molar-refractivity contribution in [2.75, 3.05) is 19.7 Å². The second-order valence-corrected chi connectivity index (χ2v) is 5.64. The van der Waals surface area contributed by atoms with Crippen LogP contribution < -0.4 is 0 Å². The summed E-state index contributed by atoms with van der Waals surface area (Å²) in [4.78, 5) is 14.7. The number of carbonyl (C=O) groups is 1. The van der Waals surface area contributed by atoms with Gasteiger partial charge in [-0.2, -0.15) is 5.26 Å². The van der Waals surface area contributed by atoms with Crippen molar-refractivity contribution in [2.24, 2.45) is 0 Å². The molecular weight excluding hydrogens is 288 g/mol. The lowest BCUT2D eigenvalue weighted by Gasteiger charge is -2.31. The maximum absolute atomic E-state index is 12.9. The van der Waals surface area contributed by atoms with Crippen LogP contribution in [0.1, 0.15) is 22.8 Å². The van der Waals surface area contributed by atoms with Crippen molar-refractivity contribution in [3.63, 3.8) is 0 Å². The summed E-state index contributed by atoms with van der Waals surface area (Å²) in [6, 6.07) is 17.0. The highest BCUT2D eigenvalue weighted by Gasteiger charge is 2.24. The van der Waals surface area contributed by atoms with Crippen LogP contribution in [0.15, 0.2) is 48.5 Å². The molecular formula is C19H18N2O2. The van der Waals surface area contributed by atoms with Crippen LogP contribution in [0.4, 0.5) is 0 Å². The smallest absolute Gasteiger partial charge is 0.254 e. The average Bonchev–Trinajstić information content (AvgIpc) is 2.61. The van der Waals surface area contributed by atoms with Gasteiger partial charge in [0.2, 0.25) is 0 Å². The number of rotatable bonds is 2. The molecule has 1 heterocycles. The van der Waals surface area contributed by atoms with Crippen LogP contribution >= 0.6 is 0 Å². The Kier molecular flexibility index (Phi) is 4.40. The number of hydrogen-bond donors (Lipinski definition) is 0. The second-order valence-electron chi connectivity index (χ2n) is 5.64. The van der Waals surface area contributed by atoms with E-state index in [1.807, 2.05) is 54.3 Å². The number of hydrogen-bond acceptors (Lipinski definition) is 3. The number of amides is 1. The van der Waals surface area contributed by atoms with Gasteiger partial charge in [0.05, 0.1) is 24.3 Å². The van der Waals surface area contributed by atoms with Crippen LogP contribution in [0.5, 0.6) is 0 Å². The molecule has 1 fully saturated rings. The van der Waals surface area contributed by atoms with Gasteiger partial charge in [-0.05, 0) is 24.6 Å². The third-order valence-corrected chi connectivity index (χ3v) is 4.02. The van der Waals surface area contributed by atoms with E-state index in [1.54, 1.807) is 6.07 Å². The summed E-state index contributed by atoms with van der Waals surface area (Å²) >= 11 is 0. The Hall–Kier alpha value is -2.64. The maximum atomic E-state index is 12.9. The molecule has 1 aliphatic rings. The van der Waals surface area contributed by atoms with E-state index in [0.29, 0.717) is 30.8 Å². The maximum Gasteiger partial charge on any atom is 0.254 e. The number of benzene rings is 2. The lowest BCUT2D eigenvalue weighted by molar-refractivity contribution is -0.0123. The van der Waals surface area contributed by atoms with Gasteiger partial charge in [0, 0.05) is 24.2 Å². The molecule has 0 saturated carbocycles. The second kappa shape index (κ2) is 6.64. The molecule has 2 aromatic carbocycles. The predicted octanol–water partition coefficient (Wildman–Crippen LogP) is 3.09. The SMILES string of the molecule is CC1CN(C(=O)c2ccccc2-c2ccccc2C#N)CCO1. The third kappa shape index (κ3) is 3.10. The molecule has 3 rings (SSSR count). The van der Waals surface area contributed by atoms with Crippen LogP contribution in [0.3, 0.4) is 0 Å². The van der Waals surface area contributed by atoms with Crippen LogP contribution in [0.2, 0.25) is 0 Å². The topological polar surface area (TPSA) is 53.3 Å². The van der Waals surface area contributed by atoms with Gasteiger partial charge in [-0.1, -0.05) is 36.4 Å². The molecule has 0 N–H and O–H groups in total. The summed E-state index contributed by atoms with van der Waals surface area (Å²) < 4.78 is 5.51. The van der Waals surface area contributed by atoms with Crippen molar-refractivity contribution < 1.29 is 9.53 Å². The highest BCUT2D eigenvalue weighted by Crippen LogP contribution is 2.28. The van der Waals surface area contributed by atoms with Crippen molar-refractivity contribution in [1.29, 1.82) is 5.26 Å². The Morgan fingerprint density at radius 1 is 1.17 bits per heavy atom.